The molecule has 0 aromatic heterocycles. The van der Waals surface area contributed by atoms with E-state index in [0.29, 0.717) is 0 Å². The van der Waals surface area contributed by atoms with E-state index in [1.54, 1.807) is 0 Å². The van der Waals surface area contributed by atoms with Crippen molar-refractivity contribution in [3.63, 3.8) is 0 Å². The minimum atomic E-state index is 0. The van der Waals surface area contributed by atoms with E-state index in [-0.39, 0.29) is 27.5 Å². The molecule has 0 rings (SSSR count). The molecule has 5 heteroatoms. The van der Waals surface area contributed by atoms with Crippen LogP contribution in [0.15, 0.2) is 0 Å². The molecule has 0 saturated heterocycles. The molecule has 0 amide bonds. The molecule has 0 aromatic carbocycles. The molecule has 0 heterocycles. The van der Waals surface area contributed by atoms with Gasteiger partial charge in [-0.2, -0.15) is 0 Å². The summed E-state index contributed by atoms with van der Waals surface area (Å²) >= 11 is 4.24. The van der Waals surface area contributed by atoms with Crippen LogP contribution in [0.1, 0.15) is 0 Å². The van der Waals surface area contributed by atoms with Crippen LogP contribution < -0.4 is 17.0 Å². The third-order valence-electron chi connectivity index (χ3n) is 0.142. The Hall–Kier alpha value is 0.390. The minimum absolute atomic E-state index is 0. The fourth-order valence-electron chi connectivity index (χ4n) is 0. The fraction of sp³-hybridized carbons (Fsp3) is 0. The van der Waals surface area contributed by atoms with Crippen LogP contribution in [0.25, 0.3) is 0 Å². The van der Waals surface area contributed by atoms with Crippen molar-refractivity contribution < 1.29 is 22.4 Å². The third kappa shape index (κ3) is 8.83. The predicted molar refractivity (Wildman–Crippen MR) is 24.1 cm³/mol. The predicted octanol–water partition coefficient (Wildman–Crippen LogP) is -1.31. The molecule has 1 radical (unpaired) electrons. The van der Waals surface area contributed by atoms with Crippen molar-refractivity contribution >= 4 is 17.3 Å². The van der Waals surface area contributed by atoms with Crippen molar-refractivity contribution in [2.75, 3.05) is 0 Å². The maximum absolute atomic E-state index is 4.79. The minimum Gasteiger partial charge on any atom is -0.375 e. The molecule has 0 fully saturated rings. The Labute approximate surface area is 56.9 Å². The van der Waals surface area contributed by atoms with Gasteiger partial charge in [0.15, 0.2) is 5.11 Å². The number of nitrogens with one attached hydrogen (secondary N) is 1. The van der Waals surface area contributed by atoms with Crippen LogP contribution in [-0.4, -0.2) is 5.11 Å². The molecule has 0 saturated carbocycles. The molecule has 0 aliphatic rings. The van der Waals surface area contributed by atoms with Gasteiger partial charge in [0.2, 0.25) is 0 Å². The summed E-state index contributed by atoms with van der Waals surface area (Å²) in [5.74, 6) is 4.66. The van der Waals surface area contributed by atoms with Crippen molar-refractivity contribution in [3.05, 3.63) is 0 Å². The maximum atomic E-state index is 4.79. The smallest absolute Gasteiger partial charge is 0.177 e. The van der Waals surface area contributed by atoms with Crippen LogP contribution in [0.2, 0.25) is 0 Å². The molecule has 0 bridgehead atoms. The SMILES string of the molecule is NNC(N)=S.[Au]. The summed E-state index contributed by atoms with van der Waals surface area (Å²) in [5, 5.41) is 0.116. The summed E-state index contributed by atoms with van der Waals surface area (Å²) < 4.78 is 0. The summed E-state index contributed by atoms with van der Waals surface area (Å²) in [7, 11) is 0. The van der Waals surface area contributed by atoms with Crippen LogP contribution in [0.3, 0.4) is 0 Å². The Morgan fingerprint density at radius 1 is 1.67 bits per heavy atom. The summed E-state index contributed by atoms with van der Waals surface area (Å²) in [6, 6.07) is 0. The second-order valence-electron chi connectivity index (χ2n) is 0.509. The van der Waals surface area contributed by atoms with Gasteiger partial charge in [0.05, 0.1) is 0 Å². The topological polar surface area (TPSA) is 64.1 Å². The standard InChI is InChI=1S/CH5N3S.Au/c2-1(5)4-3;/h3H2,(H3,2,4,5);. The van der Waals surface area contributed by atoms with Gasteiger partial charge in [-0.3, -0.25) is 0 Å². The zero-order chi connectivity index (χ0) is 4.28. The second-order valence-corrected chi connectivity index (χ2v) is 0.948. The summed E-state index contributed by atoms with van der Waals surface area (Å²) in [6.45, 7) is 0. The first-order valence-corrected chi connectivity index (χ1v) is 1.44. The van der Waals surface area contributed by atoms with Gasteiger partial charge < -0.3 is 11.2 Å². The van der Waals surface area contributed by atoms with Crippen molar-refractivity contribution in [1.82, 2.24) is 5.43 Å². The molecule has 0 atom stereocenters. The Morgan fingerprint density at radius 3 is 1.83 bits per heavy atom. The largest absolute Gasteiger partial charge is 0.375 e. The van der Waals surface area contributed by atoms with E-state index in [9.17, 15) is 0 Å². The van der Waals surface area contributed by atoms with Crippen LogP contribution in [0.5, 0.6) is 0 Å². The number of thiocarbonyl (C=S) groups is 1. The first-order chi connectivity index (χ1) is 2.27. The zero-order valence-corrected chi connectivity index (χ0v) is 5.85. The quantitative estimate of drug-likeness (QED) is 0.224. The summed E-state index contributed by atoms with van der Waals surface area (Å²) in [5.41, 5.74) is 6.82. The monoisotopic (exact) mass is 288 g/mol. The first kappa shape index (κ1) is 9.63. The average Bonchev–Trinajstić information content (AvgIpc) is 1.38. The van der Waals surface area contributed by atoms with Gasteiger partial charge >= 0.3 is 0 Å². The number of hydrazine groups is 1. The van der Waals surface area contributed by atoms with Crippen molar-refractivity contribution in [2.24, 2.45) is 11.6 Å². The maximum Gasteiger partial charge on any atom is 0.177 e. The molecule has 0 unspecified atom stereocenters. The van der Waals surface area contributed by atoms with Crippen LogP contribution >= 0.6 is 12.2 Å². The van der Waals surface area contributed by atoms with Crippen LogP contribution in [-0.2, 0) is 22.4 Å². The van der Waals surface area contributed by atoms with Gasteiger partial charge in [0.25, 0.3) is 0 Å². The molecule has 0 aliphatic carbocycles. The Kier molecular flexibility index (Phi) is 8.65. The van der Waals surface area contributed by atoms with Gasteiger partial charge in [-0.15, -0.1) is 0 Å². The average molecular weight is 288 g/mol. The Morgan fingerprint density at radius 2 is 1.83 bits per heavy atom. The summed E-state index contributed by atoms with van der Waals surface area (Å²) in [4.78, 5) is 0. The van der Waals surface area contributed by atoms with E-state index in [0.717, 1.165) is 0 Å². The number of nitrogens with two attached hydrogens (primary N) is 2. The van der Waals surface area contributed by atoms with E-state index in [1.807, 2.05) is 5.43 Å². The molecule has 5 N–H and O–H groups in total. The molecule has 3 nitrogen and oxygen atoms in total. The fourth-order valence-corrected chi connectivity index (χ4v) is 0. The number of hydrogen-bond donors (Lipinski definition) is 3. The van der Waals surface area contributed by atoms with E-state index < -0.39 is 0 Å². The Bertz CT molecular complexity index is 46.1. The normalized spacial score (nSPS) is 5.50. The van der Waals surface area contributed by atoms with E-state index in [1.165, 1.54) is 0 Å². The number of hydrogen-bond acceptors (Lipinski definition) is 2. The molecule has 0 aliphatic heterocycles. The van der Waals surface area contributed by atoms with Gasteiger partial charge in [-0.25, -0.2) is 5.84 Å². The van der Waals surface area contributed by atoms with Gasteiger partial charge in [-0.1, -0.05) is 0 Å². The van der Waals surface area contributed by atoms with E-state index in [4.69, 9.17) is 5.73 Å². The summed E-state index contributed by atoms with van der Waals surface area (Å²) in [6.07, 6.45) is 0. The first-order valence-electron chi connectivity index (χ1n) is 1.03. The molecular formula is CH5AuN3S. The van der Waals surface area contributed by atoms with Crippen molar-refractivity contribution in [3.8, 4) is 0 Å². The van der Waals surface area contributed by atoms with E-state index >= 15 is 0 Å². The van der Waals surface area contributed by atoms with E-state index in [2.05, 4.69) is 18.1 Å². The van der Waals surface area contributed by atoms with Gasteiger partial charge in [0.1, 0.15) is 0 Å². The Balaban J connectivity index is 0. The van der Waals surface area contributed by atoms with Crippen molar-refractivity contribution in [2.45, 2.75) is 0 Å². The molecule has 0 spiro atoms. The second kappa shape index (κ2) is 5.39. The molecule has 41 valence electrons. The molecule has 6 heavy (non-hydrogen) atoms. The molecule has 0 aromatic rings. The number of rotatable bonds is 0. The van der Waals surface area contributed by atoms with Crippen LogP contribution in [0.4, 0.5) is 0 Å². The zero-order valence-electron chi connectivity index (χ0n) is 2.86. The van der Waals surface area contributed by atoms with Gasteiger partial charge in [-0.05, 0) is 12.2 Å². The molecular weight excluding hydrogens is 283 g/mol. The van der Waals surface area contributed by atoms with Gasteiger partial charge in [0, 0.05) is 22.4 Å². The third-order valence-corrected chi connectivity index (χ3v) is 0.260. The van der Waals surface area contributed by atoms with Crippen LogP contribution in [0, 0.1) is 0 Å². The van der Waals surface area contributed by atoms with Crippen molar-refractivity contribution in [1.29, 1.82) is 0 Å².